The van der Waals surface area contributed by atoms with Gasteiger partial charge in [0.25, 0.3) is 11.4 Å². The molecule has 0 heterocycles. The van der Waals surface area contributed by atoms with E-state index in [0.29, 0.717) is 15.8 Å². The van der Waals surface area contributed by atoms with Crippen molar-refractivity contribution in [3.63, 3.8) is 0 Å². The quantitative estimate of drug-likeness (QED) is 0.264. The maximum Gasteiger partial charge on any atom is 0.339 e. The molecule has 0 unspecified atom stereocenters. The fraction of sp³-hybridized carbons (Fsp3) is 0.200. The largest absolute Gasteiger partial charge is 0.465 e. The second kappa shape index (κ2) is 13.2. The number of ether oxygens (including phenoxy) is 2. The zero-order valence-corrected chi connectivity index (χ0v) is 22.2. The molecule has 14 nitrogen and oxygen atoms in total. The third kappa shape index (κ3) is 8.09. The van der Waals surface area contributed by atoms with Crippen LogP contribution in [0, 0.1) is 20.2 Å². The van der Waals surface area contributed by atoms with Gasteiger partial charge in [-0.2, -0.15) is 0 Å². The normalized spacial score (nSPS) is 9.72. The van der Waals surface area contributed by atoms with Crippen molar-refractivity contribution < 1.29 is 38.5 Å². The Labute approximate surface area is 219 Å². The van der Waals surface area contributed by atoms with Gasteiger partial charge in [-0.3, -0.25) is 29.8 Å². The van der Waals surface area contributed by atoms with Crippen LogP contribution < -0.4 is 10.6 Å². The summed E-state index contributed by atoms with van der Waals surface area (Å²) in [5.41, 5.74) is -0.426. The number of nitrogens with one attached hydrogen (secondary N) is 2. The monoisotopic (exact) mass is 632 g/mol. The van der Waals surface area contributed by atoms with Crippen molar-refractivity contribution in [1.82, 2.24) is 0 Å². The van der Waals surface area contributed by atoms with Crippen molar-refractivity contribution in [3.05, 3.63) is 64.6 Å². The van der Waals surface area contributed by atoms with Crippen LogP contribution in [0.5, 0.6) is 0 Å². The van der Waals surface area contributed by atoms with Gasteiger partial charge in [-0.1, -0.05) is 0 Å². The highest BCUT2D eigenvalue weighted by atomic mass is 79.9. The lowest BCUT2D eigenvalue weighted by Crippen LogP contribution is -2.12. The minimum atomic E-state index is -0.899. The van der Waals surface area contributed by atoms with Gasteiger partial charge in [0.1, 0.15) is 4.47 Å². The summed E-state index contributed by atoms with van der Waals surface area (Å²) >= 11 is 6.06. The van der Waals surface area contributed by atoms with Crippen molar-refractivity contribution in [2.45, 2.75) is 13.8 Å². The summed E-state index contributed by atoms with van der Waals surface area (Å²) in [6.07, 6.45) is 0. The standard InChI is InChI=1S/C12H13BrN2O4.C8H5BrN2O6/c1-6(16)14-8-4-9(12(18)19-3)11(13)10(5-8)15-7(2)17;1-17-8(12)5-2-4(10(13)14)3-6(7(5)9)11(15)16/h4-5H,1-3H3,(H,14,16)(H,15,17);2-3H,1H3. The van der Waals surface area contributed by atoms with Crippen LogP contribution in [0.25, 0.3) is 0 Å². The number of rotatable bonds is 6. The Bertz CT molecular complexity index is 1250. The van der Waals surface area contributed by atoms with E-state index < -0.39 is 33.2 Å². The molecule has 0 aliphatic rings. The first-order chi connectivity index (χ1) is 16.7. The highest BCUT2D eigenvalue weighted by Gasteiger charge is 2.26. The van der Waals surface area contributed by atoms with Crippen molar-refractivity contribution in [1.29, 1.82) is 0 Å². The third-order valence-electron chi connectivity index (χ3n) is 3.96. The topological polar surface area (TPSA) is 197 Å². The first kappa shape index (κ1) is 30.1. The minimum absolute atomic E-state index is 0.153. The summed E-state index contributed by atoms with van der Waals surface area (Å²) in [6, 6.07) is 4.67. The van der Waals surface area contributed by atoms with Crippen LogP contribution >= 0.6 is 31.9 Å². The minimum Gasteiger partial charge on any atom is -0.465 e. The van der Waals surface area contributed by atoms with E-state index in [1.165, 1.54) is 27.0 Å². The van der Waals surface area contributed by atoms with Gasteiger partial charge in [-0.05, 0) is 44.0 Å². The highest BCUT2D eigenvalue weighted by molar-refractivity contribution is 9.11. The third-order valence-corrected chi connectivity index (χ3v) is 5.65. The molecule has 36 heavy (non-hydrogen) atoms. The fourth-order valence-electron chi connectivity index (χ4n) is 2.53. The van der Waals surface area contributed by atoms with Gasteiger partial charge in [0, 0.05) is 25.6 Å². The molecular formula is C20H18Br2N4O10. The molecule has 0 bridgehead atoms. The Morgan fingerprint density at radius 2 is 1.28 bits per heavy atom. The van der Waals surface area contributed by atoms with Crippen LogP contribution in [0.4, 0.5) is 22.7 Å². The smallest absolute Gasteiger partial charge is 0.339 e. The molecular weight excluding hydrogens is 616 g/mol. The Kier molecular flexibility index (Phi) is 11.1. The van der Waals surface area contributed by atoms with Crippen LogP contribution in [-0.4, -0.2) is 47.8 Å². The van der Waals surface area contributed by atoms with Gasteiger partial charge < -0.3 is 20.1 Å². The van der Waals surface area contributed by atoms with Gasteiger partial charge in [0.05, 0.1) is 51.4 Å². The average molecular weight is 634 g/mol. The van der Waals surface area contributed by atoms with Crippen LogP contribution in [-0.2, 0) is 19.1 Å². The molecule has 0 radical (unpaired) electrons. The Morgan fingerprint density at radius 1 is 0.778 bits per heavy atom. The lowest BCUT2D eigenvalue weighted by Gasteiger charge is -2.12. The molecule has 2 amide bonds. The fourth-order valence-corrected chi connectivity index (χ4v) is 3.56. The van der Waals surface area contributed by atoms with E-state index in [0.717, 1.165) is 19.2 Å². The Morgan fingerprint density at radius 3 is 1.69 bits per heavy atom. The maximum absolute atomic E-state index is 11.6. The molecule has 16 heteroatoms. The van der Waals surface area contributed by atoms with E-state index >= 15 is 0 Å². The molecule has 0 aromatic heterocycles. The number of nitro groups is 2. The molecule has 2 aromatic carbocycles. The van der Waals surface area contributed by atoms with Crippen LogP contribution in [0.2, 0.25) is 0 Å². The summed E-state index contributed by atoms with van der Waals surface area (Å²) < 4.78 is 9.25. The summed E-state index contributed by atoms with van der Waals surface area (Å²) in [5.74, 6) is -2.06. The molecule has 192 valence electrons. The number of esters is 2. The van der Waals surface area contributed by atoms with Crippen molar-refractivity contribution in [2.24, 2.45) is 0 Å². The maximum atomic E-state index is 11.6. The number of non-ortho nitro benzene ring substituents is 1. The van der Waals surface area contributed by atoms with Gasteiger partial charge in [0.15, 0.2) is 0 Å². The predicted octanol–water partition coefficient (Wildman–Crippen LogP) is 4.20. The number of hydrogen-bond donors (Lipinski definition) is 2. The zero-order valence-electron chi connectivity index (χ0n) is 19.0. The average Bonchev–Trinajstić information content (AvgIpc) is 2.79. The van der Waals surface area contributed by atoms with E-state index in [2.05, 4.69) is 52.0 Å². The zero-order chi connectivity index (χ0) is 27.7. The number of hydrogen-bond acceptors (Lipinski definition) is 10. The number of nitro benzene ring substituents is 2. The van der Waals surface area contributed by atoms with E-state index in [1.54, 1.807) is 6.07 Å². The lowest BCUT2D eigenvalue weighted by molar-refractivity contribution is -0.394. The van der Waals surface area contributed by atoms with Gasteiger partial charge in [-0.15, -0.1) is 0 Å². The van der Waals surface area contributed by atoms with Gasteiger partial charge in [-0.25, -0.2) is 9.59 Å². The summed E-state index contributed by atoms with van der Waals surface area (Å²) in [4.78, 5) is 64.7. The van der Waals surface area contributed by atoms with Gasteiger partial charge >= 0.3 is 11.9 Å². The number of methoxy groups -OCH3 is 2. The summed E-state index contributed by atoms with van der Waals surface area (Å²) in [5, 5.41) is 26.3. The molecule has 2 rings (SSSR count). The number of halogens is 2. The second-order valence-corrected chi connectivity index (χ2v) is 8.16. The molecule has 0 saturated heterocycles. The molecule has 0 spiro atoms. The lowest BCUT2D eigenvalue weighted by atomic mass is 10.1. The van der Waals surface area contributed by atoms with Crippen molar-refractivity contribution >= 4 is 78.4 Å². The van der Waals surface area contributed by atoms with E-state index in [-0.39, 0.29) is 27.4 Å². The number of nitrogens with zero attached hydrogens (tertiary/aromatic N) is 2. The van der Waals surface area contributed by atoms with Gasteiger partial charge in [0.2, 0.25) is 11.8 Å². The Balaban J connectivity index is 0.000000362. The van der Waals surface area contributed by atoms with Crippen molar-refractivity contribution in [2.75, 3.05) is 24.9 Å². The summed E-state index contributed by atoms with van der Waals surface area (Å²) in [6.45, 7) is 2.69. The molecule has 0 aliphatic heterocycles. The number of anilines is 2. The number of carbonyl (C=O) groups excluding carboxylic acids is 4. The number of carbonyl (C=O) groups is 4. The van der Waals surface area contributed by atoms with Crippen LogP contribution in [0.3, 0.4) is 0 Å². The SMILES string of the molecule is COC(=O)c1cc(NC(C)=O)cc(NC(C)=O)c1Br.COC(=O)c1cc([N+](=O)[O-])cc([N+](=O)[O-])c1Br. The Hall–Kier alpha value is -3.92. The number of amides is 2. The van der Waals surface area contributed by atoms with E-state index in [9.17, 15) is 39.4 Å². The molecule has 0 fully saturated rings. The predicted molar refractivity (Wildman–Crippen MR) is 133 cm³/mol. The molecule has 2 N–H and O–H groups in total. The van der Waals surface area contributed by atoms with E-state index in [1.807, 2.05) is 0 Å². The van der Waals surface area contributed by atoms with Crippen LogP contribution in [0.15, 0.2) is 33.2 Å². The molecule has 2 aromatic rings. The number of benzene rings is 2. The van der Waals surface area contributed by atoms with Crippen molar-refractivity contribution in [3.8, 4) is 0 Å². The molecule has 0 atom stereocenters. The molecule has 0 aliphatic carbocycles. The first-order valence-corrected chi connectivity index (χ1v) is 11.0. The highest BCUT2D eigenvalue weighted by Crippen LogP contribution is 2.33. The molecule has 0 saturated carbocycles. The van der Waals surface area contributed by atoms with Crippen LogP contribution in [0.1, 0.15) is 34.6 Å². The van der Waals surface area contributed by atoms with E-state index in [4.69, 9.17) is 0 Å². The second-order valence-electron chi connectivity index (χ2n) is 6.57. The summed E-state index contributed by atoms with van der Waals surface area (Å²) in [7, 11) is 2.32. The first-order valence-electron chi connectivity index (χ1n) is 9.41.